The molecule has 80 valence electrons. The van der Waals surface area contributed by atoms with Crippen LogP contribution in [0.1, 0.15) is 19.3 Å². The van der Waals surface area contributed by atoms with Crippen molar-refractivity contribution in [1.82, 2.24) is 0 Å². The maximum absolute atomic E-state index is 12.8. The SMILES string of the molecule is O=C(CC1CC1)Nc1ccc(F)cc1Br. The number of benzene rings is 1. The Balaban J connectivity index is 1.99. The van der Waals surface area contributed by atoms with Crippen LogP contribution in [-0.2, 0) is 4.79 Å². The highest BCUT2D eigenvalue weighted by molar-refractivity contribution is 9.10. The summed E-state index contributed by atoms with van der Waals surface area (Å²) in [5.41, 5.74) is 0.627. The predicted octanol–water partition coefficient (Wildman–Crippen LogP) is 3.33. The summed E-state index contributed by atoms with van der Waals surface area (Å²) < 4.78 is 13.3. The summed E-state index contributed by atoms with van der Waals surface area (Å²) in [4.78, 5) is 11.5. The van der Waals surface area contributed by atoms with Gasteiger partial charge in [-0.1, -0.05) is 0 Å². The van der Waals surface area contributed by atoms with E-state index in [2.05, 4.69) is 21.2 Å². The number of nitrogens with one attached hydrogen (secondary N) is 1. The van der Waals surface area contributed by atoms with Crippen LogP contribution in [0.2, 0.25) is 0 Å². The Morgan fingerprint density at radius 3 is 2.87 bits per heavy atom. The number of hydrogen-bond donors (Lipinski definition) is 1. The van der Waals surface area contributed by atoms with Crippen molar-refractivity contribution in [3.05, 3.63) is 28.5 Å². The Hall–Kier alpha value is -0.900. The highest BCUT2D eigenvalue weighted by Crippen LogP contribution is 2.33. The first-order valence-electron chi connectivity index (χ1n) is 4.90. The van der Waals surface area contributed by atoms with Crippen molar-refractivity contribution in [1.29, 1.82) is 0 Å². The van der Waals surface area contributed by atoms with Crippen LogP contribution in [-0.4, -0.2) is 5.91 Å². The van der Waals surface area contributed by atoms with Crippen LogP contribution < -0.4 is 5.32 Å². The van der Waals surface area contributed by atoms with Crippen LogP contribution in [0.25, 0.3) is 0 Å². The minimum Gasteiger partial charge on any atom is -0.325 e. The Morgan fingerprint density at radius 1 is 1.53 bits per heavy atom. The molecule has 1 aromatic carbocycles. The van der Waals surface area contributed by atoms with Crippen molar-refractivity contribution in [3.63, 3.8) is 0 Å². The number of carbonyl (C=O) groups excluding carboxylic acids is 1. The van der Waals surface area contributed by atoms with Gasteiger partial charge in [0.15, 0.2) is 0 Å². The van der Waals surface area contributed by atoms with Gasteiger partial charge in [0.1, 0.15) is 5.82 Å². The number of rotatable bonds is 3. The van der Waals surface area contributed by atoms with Crippen LogP contribution in [0, 0.1) is 11.7 Å². The molecule has 1 aliphatic rings. The zero-order valence-electron chi connectivity index (χ0n) is 8.09. The molecule has 1 N–H and O–H groups in total. The minimum atomic E-state index is -0.318. The van der Waals surface area contributed by atoms with Crippen LogP contribution in [0.4, 0.5) is 10.1 Å². The summed E-state index contributed by atoms with van der Waals surface area (Å²) in [6.45, 7) is 0. The molecule has 0 bridgehead atoms. The maximum Gasteiger partial charge on any atom is 0.224 e. The summed E-state index contributed by atoms with van der Waals surface area (Å²) in [5.74, 6) is 0.246. The van der Waals surface area contributed by atoms with Crippen molar-refractivity contribution in [2.45, 2.75) is 19.3 Å². The average molecular weight is 272 g/mol. The standard InChI is InChI=1S/C11H11BrFNO/c12-9-6-8(13)3-4-10(9)14-11(15)5-7-1-2-7/h3-4,6-7H,1-2,5H2,(H,14,15). The smallest absolute Gasteiger partial charge is 0.224 e. The summed E-state index contributed by atoms with van der Waals surface area (Å²) in [6, 6.07) is 4.23. The normalized spacial score (nSPS) is 15.1. The van der Waals surface area contributed by atoms with Gasteiger partial charge in [0.2, 0.25) is 5.91 Å². The Labute approximate surface area is 96.0 Å². The third-order valence-electron chi connectivity index (χ3n) is 2.38. The van der Waals surface area contributed by atoms with Gasteiger partial charge in [-0.05, 0) is 52.9 Å². The lowest BCUT2D eigenvalue weighted by atomic mass is 10.2. The quantitative estimate of drug-likeness (QED) is 0.898. The minimum absolute atomic E-state index is 0.00445. The van der Waals surface area contributed by atoms with Gasteiger partial charge in [-0.2, -0.15) is 0 Å². The van der Waals surface area contributed by atoms with Gasteiger partial charge < -0.3 is 5.32 Å². The fourth-order valence-corrected chi connectivity index (χ4v) is 1.83. The lowest BCUT2D eigenvalue weighted by Gasteiger charge is -2.06. The molecule has 0 aromatic heterocycles. The average Bonchev–Trinajstić information content (AvgIpc) is 2.94. The molecule has 0 saturated heterocycles. The van der Waals surface area contributed by atoms with E-state index in [9.17, 15) is 9.18 Å². The van der Waals surface area contributed by atoms with E-state index in [1.807, 2.05) is 0 Å². The first-order valence-corrected chi connectivity index (χ1v) is 5.69. The predicted molar refractivity (Wildman–Crippen MR) is 60.1 cm³/mol. The maximum atomic E-state index is 12.8. The molecule has 1 fully saturated rings. The van der Waals surface area contributed by atoms with Crippen molar-refractivity contribution in [3.8, 4) is 0 Å². The fourth-order valence-electron chi connectivity index (χ4n) is 1.38. The van der Waals surface area contributed by atoms with E-state index >= 15 is 0 Å². The molecule has 2 rings (SSSR count). The molecule has 0 heterocycles. The largest absolute Gasteiger partial charge is 0.325 e. The van der Waals surface area contributed by atoms with Gasteiger partial charge in [0.05, 0.1) is 5.69 Å². The van der Waals surface area contributed by atoms with E-state index in [1.165, 1.54) is 12.1 Å². The molecular weight excluding hydrogens is 261 g/mol. The first-order chi connectivity index (χ1) is 7.15. The zero-order chi connectivity index (χ0) is 10.8. The number of halogens is 2. The van der Waals surface area contributed by atoms with E-state index in [-0.39, 0.29) is 11.7 Å². The third kappa shape index (κ3) is 3.02. The van der Waals surface area contributed by atoms with Crippen molar-refractivity contribution < 1.29 is 9.18 Å². The van der Waals surface area contributed by atoms with Crippen molar-refractivity contribution >= 4 is 27.5 Å². The molecule has 0 atom stereocenters. The van der Waals surface area contributed by atoms with Gasteiger partial charge in [-0.15, -0.1) is 0 Å². The van der Waals surface area contributed by atoms with Crippen LogP contribution in [0.5, 0.6) is 0 Å². The van der Waals surface area contributed by atoms with E-state index in [1.54, 1.807) is 6.07 Å². The Kier molecular flexibility index (Phi) is 3.05. The highest BCUT2D eigenvalue weighted by atomic mass is 79.9. The molecule has 0 aliphatic heterocycles. The summed E-state index contributed by atoms with van der Waals surface area (Å²) in [5, 5.41) is 2.76. The third-order valence-corrected chi connectivity index (χ3v) is 3.03. The van der Waals surface area contributed by atoms with Crippen LogP contribution in [0.3, 0.4) is 0 Å². The monoisotopic (exact) mass is 271 g/mol. The second kappa shape index (κ2) is 4.31. The van der Waals surface area contributed by atoms with Crippen LogP contribution >= 0.6 is 15.9 Å². The Bertz CT molecular complexity index is 390. The molecule has 1 aromatic rings. The van der Waals surface area contributed by atoms with Gasteiger partial charge in [0, 0.05) is 10.9 Å². The van der Waals surface area contributed by atoms with Crippen molar-refractivity contribution in [2.24, 2.45) is 5.92 Å². The molecule has 0 unspecified atom stereocenters. The molecule has 15 heavy (non-hydrogen) atoms. The van der Waals surface area contributed by atoms with Gasteiger partial charge >= 0.3 is 0 Å². The van der Waals surface area contributed by atoms with Gasteiger partial charge in [0.25, 0.3) is 0 Å². The molecule has 1 amide bonds. The van der Waals surface area contributed by atoms with E-state index < -0.39 is 0 Å². The second-order valence-electron chi connectivity index (χ2n) is 3.82. The number of carbonyl (C=O) groups is 1. The number of amides is 1. The molecule has 2 nitrogen and oxygen atoms in total. The lowest BCUT2D eigenvalue weighted by molar-refractivity contribution is -0.116. The lowest BCUT2D eigenvalue weighted by Crippen LogP contribution is -2.12. The summed E-state index contributed by atoms with van der Waals surface area (Å²) >= 11 is 3.20. The van der Waals surface area contributed by atoms with E-state index in [4.69, 9.17) is 0 Å². The molecular formula is C11H11BrFNO. The van der Waals surface area contributed by atoms with Gasteiger partial charge in [-0.25, -0.2) is 4.39 Å². The number of anilines is 1. The van der Waals surface area contributed by atoms with Crippen molar-refractivity contribution in [2.75, 3.05) is 5.32 Å². The van der Waals surface area contributed by atoms with Gasteiger partial charge in [-0.3, -0.25) is 4.79 Å². The fraction of sp³-hybridized carbons (Fsp3) is 0.364. The molecule has 1 saturated carbocycles. The van der Waals surface area contributed by atoms with Crippen LogP contribution in [0.15, 0.2) is 22.7 Å². The zero-order valence-corrected chi connectivity index (χ0v) is 9.68. The summed E-state index contributed by atoms with van der Waals surface area (Å²) in [7, 11) is 0. The summed E-state index contributed by atoms with van der Waals surface area (Å²) in [6.07, 6.45) is 2.87. The molecule has 1 aliphatic carbocycles. The molecule has 0 spiro atoms. The highest BCUT2D eigenvalue weighted by Gasteiger charge is 2.24. The first kappa shape index (κ1) is 10.6. The van der Waals surface area contributed by atoms with E-state index in [0.717, 1.165) is 12.8 Å². The topological polar surface area (TPSA) is 29.1 Å². The second-order valence-corrected chi connectivity index (χ2v) is 4.67. The number of hydrogen-bond acceptors (Lipinski definition) is 1. The molecule has 0 radical (unpaired) electrons. The Morgan fingerprint density at radius 2 is 2.27 bits per heavy atom. The molecule has 4 heteroatoms. The van der Waals surface area contributed by atoms with E-state index in [0.29, 0.717) is 22.5 Å².